The fraction of sp³-hybridized carbons (Fsp3) is 0.385. The van der Waals surface area contributed by atoms with Crippen LogP contribution in [0, 0.1) is 0 Å². The van der Waals surface area contributed by atoms with E-state index >= 15 is 0 Å². The summed E-state index contributed by atoms with van der Waals surface area (Å²) in [5, 5.41) is 4.05. The number of halogens is 2. The Morgan fingerprint density at radius 1 is 1.26 bits per heavy atom. The summed E-state index contributed by atoms with van der Waals surface area (Å²) >= 11 is 3.43. The number of rotatable bonds is 2. The van der Waals surface area contributed by atoms with Crippen LogP contribution in [0.5, 0.6) is 0 Å². The maximum atomic E-state index is 6.31. The van der Waals surface area contributed by atoms with Gasteiger partial charge >= 0.3 is 0 Å². The van der Waals surface area contributed by atoms with Gasteiger partial charge in [-0.15, -0.1) is 12.4 Å². The van der Waals surface area contributed by atoms with E-state index in [9.17, 15) is 0 Å². The van der Waals surface area contributed by atoms with E-state index in [4.69, 9.17) is 10.3 Å². The van der Waals surface area contributed by atoms with Gasteiger partial charge in [-0.05, 0) is 31.0 Å². The zero-order valence-corrected chi connectivity index (χ0v) is 12.7. The highest BCUT2D eigenvalue weighted by Gasteiger charge is 2.36. The van der Waals surface area contributed by atoms with Crippen molar-refractivity contribution in [3.63, 3.8) is 0 Å². The van der Waals surface area contributed by atoms with E-state index in [1.807, 2.05) is 24.3 Å². The third-order valence-corrected chi connectivity index (χ3v) is 3.93. The highest BCUT2D eigenvalue weighted by molar-refractivity contribution is 9.10. The van der Waals surface area contributed by atoms with E-state index < -0.39 is 5.54 Å². The van der Waals surface area contributed by atoms with Gasteiger partial charge < -0.3 is 10.3 Å². The molecule has 2 N–H and O–H groups in total. The van der Waals surface area contributed by atoms with E-state index in [2.05, 4.69) is 26.1 Å². The van der Waals surface area contributed by atoms with Crippen LogP contribution in [-0.2, 0) is 5.54 Å². The molecule has 0 unspecified atom stereocenters. The fourth-order valence-corrected chi connectivity index (χ4v) is 2.79. The number of nitrogens with zero attached hydrogens (tertiary/aromatic N) is 2. The monoisotopic (exact) mass is 343 g/mol. The zero-order chi connectivity index (χ0) is 12.6. The molecule has 0 radical (unpaired) electrons. The van der Waals surface area contributed by atoms with Gasteiger partial charge in [0.2, 0.25) is 0 Å². The van der Waals surface area contributed by atoms with E-state index in [1.54, 1.807) is 0 Å². The first kappa shape index (κ1) is 14.5. The number of nitrogens with two attached hydrogens (primary N) is 1. The summed E-state index contributed by atoms with van der Waals surface area (Å²) in [4.78, 5) is 4.45. The van der Waals surface area contributed by atoms with E-state index in [1.165, 1.54) is 0 Å². The molecule has 1 aliphatic rings. The smallest absolute Gasteiger partial charge is 0.258 e. The van der Waals surface area contributed by atoms with E-state index in [0.717, 1.165) is 35.7 Å². The predicted octanol–water partition coefficient (Wildman–Crippen LogP) is 3.65. The first-order valence-corrected chi connectivity index (χ1v) is 6.86. The van der Waals surface area contributed by atoms with Gasteiger partial charge in [-0.1, -0.05) is 40.0 Å². The SMILES string of the molecule is Cl.NC1(c2noc(-c3cccc(Br)c3)n2)CCCC1. The number of hydrogen-bond acceptors (Lipinski definition) is 4. The lowest BCUT2D eigenvalue weighted by Gasteiger charge is -2.17. The van der Waals surface area contributed by atoms with Gasteiger partial charge in [0.1, 0.15) is 0 Å². The largest absolute Gasteiger partial charge is 0.334 e. The molecule has 4 nitrogen and oxygen atoms in total. The molecule has 0 atom stereocenters. The molecule has 6 heteroatoms. The minimum atomic E-state index is -0.395. The average molecular weight is 345 g/mol. The molecule has 1 aromatic carbocycles. The second-order valence-electron chi connectivity index (χ2n) is 4.80. The van der Waals surface area contributed by atoms with E-state index in [0.29, 0.717) is 11.7 Å². The second kappa shape index (κ2) is 5.61. The third kappa shape index (κ3) is 2.83. The van der Waals surface area contributed by atoms with Crippen LogP contribution >= 0.6 is 28.3 Å². The van der Waals surface area contributed by atoms with Crippen molar-refractivity contribution in [2.45, 2.75) is 31.2 Å². The maximum absolute atomic E-state index is 6.31. The number of hydrogen-bond donors (Lipinski definition) is 1. The molecule has 1 saturated carbocycles. The lowest BCUT2D eigenvalue weighted by Crippen LogP contribution is -2.34. The molecule has 0 bridgehead atoms. The minimum absolute atomic E-state index is 0. The molecular weight excluding hydrogens is 330 g/mol. The van der Waals surface area contributed by atoms with Crippen LogP contribution in [0.15, 0.2) is 33.3 Å². The summed E-state index contributed by atoms with van der Waals surface area (Å²) in [5.74, 6) is 1.16. The van der Waals surface area contributed by atoms with Crippen molar-refractivity contribution in [1.29, 1.82) is 0 Å². The first-order valence-electron chi connectivity index (χ1n) is 6.06. The Morgan fingerprint density at radius 2 is 2.00 bits per heavy atom. The van der Waals surface area contributed by atoms with Crippen LogP contribution in [-0.4, -0.2) is 10.1 Å². The van der Waals surface area contributed by atoms with Crippen molar-refractivity contribution >= 4 is 28.3 Å². The molecule has 1 fully saturated rings. The van der Waals surface area contributed by atoms with Gasteiger partial charge in [0.05, 0.1) is 5.54 Å². The van der Waals surface area contributed by atoms with Gasteiger partial charge in [-0.3, -0.25) is 0 Å². The van der Waals surface area contributed by atoms with Crippen molar-refractivity contribution in [2.75, 3.05) is 0 Å². The predicted molar refractivity (Wildman–Crippen MR) is 79.0 cm³/mol. The summed E-state index contributed by atoms with van der Waals surface area (Å²) in [6.45, 7) is 0. The molecular formula is C13H15BrClN3O. The maximum Gasteiger partial charge on any atom is 0.258 e. The second-order valence-corrected chi connectivity index (χ2v) is 5.71. The molecule has 1 aliphatic carbocycles. The van der Waals surface area contributed by atoms with Crippen LogP contribution in [0.1, 0.15) is 31.5 Å². The van der Waals surface area contributed by atoms with Gasteiger partial charge in [0, 0.05) is 10.0 Å². The van der Waals surface area contributed by atoms with Crippen molar-refractivity contribution in [3.8, 4) is 11.5 Å². The van der Waals surface area contributed by atoms with Crippen molar-refractivity contribution in [2.24, 2.45) is 5.73 Å². The Morgan fingerprint density at radius 3 is 2.68 bits per heavy atom. The molecule has 2 aromatic rings. The first-order chi connectivity index (χ1) is 8.67. The molecule has 19 heavy (non-hydrogen) atoms. The Bertz CT molecular complexity index is 567. The third-order valence-electron chi connectivity index (χ3n) is 3.44. The van der Waals surface area contributed by atoms with Crippen molar-refractivity contribution < 1.29 is 4.52 Å². The molecule has 102 valence electrons. The number of aromatic nitrogens is 2. The molecule has 0 amide bonds. The summed E-state index contributed by atoms with van der Waals surface area (Å²) in [5.41, 5.74) is 6.82. The lowest BCUT2D eigenvalue weighted by atomic mass is 9.99. The quantitative estimate of drug-likeness (QED) is 0.903. The normalized spacial score (nSPS) is 17.2. The Balaban J connectivity index is 0.00000133. The lowest BCUT2D eigenvalue weighted by molar-refractivity contribution is 0.372. The van der Waals surface area contributed by atoms with Gasteiger partial charge in [-0.25, -0.2) is 0 Å². The number of benzene rings is 1. The Kier molecular flexibility index (Phi) is 4.28. The van der Waals surface area contributed by atoms with Gasteiger partial charge in [0.25, 0.3) is 5.89 Å². The minimum Gasteiger partial charge on any atom is -0.334 e. The standard InChI is InChI=1S/C13H14BrN3O.ClH/c14-10-5-3-4-9(8-10)11-16-12(17-18-11)13(15)6-1-2-7-13;/h3-5,8H,1-2,6-7,15H2;1H. The fourth-order valence-electron chi connectivity index (χ4n) is 2.39. The summed E-state index contributed by atoms with van der Waals surface area (Å²) in [6, 6.07) is 7.80. The van der Waals surface area contributed by atoms with Crippen LogP contribution in [0.2, 0.25) is 0 Å². The van der Waals surface area contributed by atoms with Crippen LogP contribution in [0.4, 0.5) is 0 Å². The zero-order valence-electron chi connectivity index (χ0n) is 10.3. The molecule has 0 spiro atoms. The summed E-state index contributed by atoms with van der Waals surface area (Å²) in [6.07, 6.45) is 4.14. The topological polar surface area (TPSA) is 64.9 Å². The Labute approximate surface area is 126 Å². The summed E-state index contributed by atoms with van der Waals surface area (Å²) < 4.78 is 6.31. The summed E-state index contributed by atoms with van der Waals surface area (Å²) in [7, 11) is 0. The van der Waals surface area contributed by atoms with E-state index in [-0.39, 0.29) is 12.4 Å². The molecule has 0 aliphatic heterocycles. The molecule has 3 rings (SSSR count). The molecule has 1 heterocycles. The van der Waals surface area contributed by atoms with Crippen molar-refractivity contribution in [1.82, 2.24) is 10.1 Å². The van der Waals surface area contributed by atoms with Crippen LogP contribution in [0.3, 0.4) is 0 Å². The molecule has 0 saturated heterocycles. The molecule has 1 aromatic heterocycles. The average Bonchev–Trinajstić information content (AvgIpc) is 2.98. The van der Waals surface area contributed by atoms with Crippen molar-refractivity contribution in [3.05, 3.63) is 34.6 Å². The highest BCUT2D eigenvalue weighted by atomic mass is 79.9. The van der Waals surface area contributed by atoms with Crippen LogP contribution in [0.25, 0.3) is 11.5 Å². The van der Waals surface area contributed by atoms with Gasteiger partial charge in [0.15, 0.2) is 5.82 Å². The highest BCUT2D eigenvalue weighted by Crippen LogP contribution is 2.35. The Hall–Kier alpha value is -0.910. The van der Waals surface area contributed by atoms with Crippen LogP contribution < -0.4 is 5.73 Å². The van der Waals surface area contributed by atoms with Gasteiger partial charge in [-0.2, -0.15) is 4.98 Å².